The van der Waals surface area contributed by atoms with Crippen molar-refractivity contribution in [2.24, 2.45) is 0 Å². The fraction of sp³-hybridized carbons (Fsp3) is 0.733. The summed E-state index contributed by atoms with van der Waals surface area (Å²) in [6.07, 6.45) is -6.92. The van der Waals surface area contributed by atoms with Crippen LogP contribution in [0.4, 0.5) is 39.5 Å². The topological polar surface area (TPSA) is 66.4 Å². The SMILES string of the molecule is CC1(OCCCCC(F)(F)C(F)(F)C(F)(F)C(F)(F)F)C=CC(S(=O)(=O)[O-])=CC1. The second kappa shape index (κ2) is 8.10. The molecule has 0 heterocycles. The number of alkyl halides is 9. The van der Waals surface area contributed by atoms with E-state index < -0.39 is 57.4 Å². The molecular formula is C15H16F9O4S-. The Bertz CT molecular complexity index is 756. The maximum absolute atomic E-state index is 13.4. The molecule has 14 heteroatoms. The molecule has 1 unspecified atom stereocenters. The largest absolute Gasteiger partial charge is 0.744 e. The second-order valence-electron chi connectivity index (χ2n) is 6.57. The lowest BCUT2D eigenvalue weighted by molar-refractivity contribution is -0.396. The van der Waals surface area contributed by atoms with Crippen molar-refractivity contribution in [2.45, 2.75) is 62.2 Å². The minimum absolute atomic E-state index is 0.0909. The van der Waals surface area contributed by atoms with Crippen molar-refractivity contribution in [1.82, 2.24) is 0 Å². The van der Waals surface area contributed by atoms with Crippen molar-refractivity contribution in [3.05, 3.63) is 23.1 Å². The highest BCUT2D eigenvalue weighted by molar-refractivity contribution is 7.89. The van der Waals surface area contributed by atoms with E-state index >= 15 is 0 Å². The summed E-state index contributed by atoms with van der Waals surface area (Å²) in [5.74, 6) is -19.2. The van der Waals surface area contributed by atoms with E-state index in [1.165, 1.54) is 13.0 Å². The van der Waals surface area contributed by atoms with Gasteiger partial charge in [0, 0.05) is 13.0 Å². The van der Waals surface area contributed by atoms with Crippen LogP contribution in [0.1, 0.15) is 32.6 Å². The molecule has 1 rings (SSSR count). The number of hydrogen-bond acceptors (Lipinski definition) is 4. The van der Waals surface area contributed by atoms with Crippen LogP contribution in [0.5, 0.6) is 0 Å². The van der Waals surface area contributed by atoms with Crippen molar-refractivity contribution in [3.8, 4) is 0 Å². The van der Waals surface area contributed by atoms with Gasteiger partial charge in [-0.05, 0) is 32.3 Å². The zero-order chi connectivity index (χ0) is 22.9. The highest BCUT2D eigenvalue weighted by Gasteiger charge is 2.81. The summed E-state index contributed by atoms with van der Waals surface area (Å²) < 4.78 is 152. The summed E-state index contributed by atoms with van der Waals surface area (Å²) in [7, 11) is -4.69. The summed E-state index contributed by atoms with van der Waals surface area (Å²) in [5.41, 5.74) is -1.15. The molecule has 0 N–H and O–H groups in total. The van der Waals surface area contributed by atoms with E-state index in [1.807, 2.05) is 0 Å². The van der Waals surface area contributed by atoms with Gasteiger partial charge in [-0.3, -0.25) is 0 Å². The average molecular weight is 463 g/mol. The molecule has 0 amide bonds. The Morgan fingerprint density at radius 3 is 2.00 bits per heavy atom. The normalized spacial score (nSPS) is 22.0. The summed E-state index contributed by atoms with van der Waals surface area (Å²) in [6.45, 7) is 1.06. The van der Waals surface area contributed by atoms with Gasteiger partial charge in [0.25, 0.3) is 0 Å². The van der Waals surface area contributed by atoms with Crippen molar-refractivity contribution < 1.29 is 57.2 Å². The van der Waals surface area contributed by atoms with Crippen molar-refractivity contribution >= 4 is 10.1 Å². The van der Waals surface area contributed by atoms with Gasteiger partial charge in [0.1, 0.15) is 10.1 Å². The number of halogens is 9. The second-order valence-corrected chi connectivity index (χ2v) is 7.95. The van der Waals surface area contributed by atoms with Gasteiger partial charge in [0.05, 0.1) is 10.5 Å². The van der Waals surface area contributed by atoms with Crippen LogP contribution < -0.4 is 0 Å². The summed E-state index contributed by atoms with van der Waals surface area (Å²) in [6, 6.07) is 0. The minimum atomic E-state index is -6.91. The van der Waals surface area contributed by atoms with Crippen LogP contribution >= 0.6 is 0 Å². The van der Waals surface area contributed by atoms with E-state index in [2.05, 4.69) is 0 Å². The number of allylic oxidation sites excluding steroid dienone is 1. The molecule has 0 aromatic carbocycles. The fourth-order valence-corrected chi connectivity index (χ4v) is 2.83. The molecular weight excluding hydrogens is 447 g/mol. The first kappa shape index (κ1) is 25.8. The molecule has 0 aliphatic heterocycles. The Kier molecular flexibility index (Phi) is 7.19. The molecule has 0 fully saturated rings. The van der Waals surface area contributed by atoms with Gasteiger partial charge in [-0.15, -0.1) is 0 Å². The predicted molar refractivity (Wildman–Crippen MR) is 80.6 cm³/mol. The Labute approximate surface area is 160 Å². The third-order valence-corrected chi connectivity index (χ3v) is 5.00. The van der Waals surface area contributed by atoms with Crippen LogP contribution in [0.3, 0.4) is 0 Å². The van der Waals surface area contributed by atoms with Gasteiger partial charge >= 0.3 is 23.9 Å². The zero-order valence-corrected chi connectivity index (χ0v) is 15.5. The third kappa shape index (κ3) is 5.66. The molecule has 1 aliphatic rings. The van der Waals surface area contributed by atoms with Gasteiger partial charge in [-0.25, -0.2) is 8.42 Å². The maximum atomic E-state index is 13.4. The number of rotatable bonds is 9. The lowest BCUT2D eigenvalue weighted by atomic mass is 9.97. The molecule has 170 valence electrons. The molecule has 1 aliphatic carbocycles. The lowest BCUT2D eigenvalue weighted by Gasteiger charge is -2.33. The zero-order valence-electron chi connectivity index (χ0n) is 14.7. The highest BCUT2D eigenvalue weighted by atomic mass is 32.2. The van der Waals surface area contributed by atoms with E-state index in [0.717, 1.165) is 12.2 Å². The van der Waals surface area contributed by atoms with Gasteiger partial charge in [-0.2, -0.15) is 39.5 Å². The molecule has 0 saturated carbocycles. The Balaban J connectivity index is 2.58. The van der Waals surface area contributed by atoms with E-state index in [9.17, 15) is 52.5 Å². The molecule has 0 saturated heterocycles. The third-order valence-electron chi connectivity index (χ3n) is 4.12. The van der Waals surface area contributed by atoms with Gasteiger partial charge in [-0.1, -0.05) is 12.2 Å². The van der Waals surface area contributed by atoms with Crippen LogP contribution in [0.25, 0.3) is 0 Å². The molecule has 0 radical (unpaired) electrons. The summed E-state index contributed by atoms with van der Waals surface area (Å²) >= 11 is 0. The Morgan fingerprint density at radius 1 is 1.03 bits per heavy atom. The van der Waals surface area contributed by atoms with Crippen molar-refractivity contribution in [1.29, 1.82) is 0 Å². The first-order valence-electron chi connectivity index (χ1n) is 7.96. The van der Waals surface area contributed by atoms with Crippen molar-refractivity contribution in [2.75, 3.05) is 6.61 Å². The molecule has 29 heavy (non-hydrogen) atoms. The molecule has 4 nitrogen and oxygen atoms in total. The minimum Gasteiger partial charge on any atom is -0.744 e. The first-order chi connectivity index (χ1) is 12.8. The monoisotopic (exact) mass is 463 g/mol. The predicted octanol–water partition coefficient (Wildman–Crippen LogP) is 4.79. The smallest absolute Gasteiger partial charge is 0.460 e. The molecule has 1 atom stereocenters. The van der Waals surface area contributed by atoms with E-state index in [-0.39, 0.29) is 19.4 Å². The van der Waals surface area contributed by atoms with Crippen LogP contribution in [0.15, 0.2) is 23.1 Å². The highest BCUT2D eigenvalue weighted by Crippen LogP contribution is 2.54. The Morgan fingerprint density at radius 2 is 1.59 bits per heavy atom. The molecule has 0 spiro atoms. The van der Waals surface area contributed by atoms with E-state index in [0.29, 0.717) is 0 Å². The summed E-state index contributed by atoms with van der Waals surface area (Å²) in [4.78, 5) is -0.508. The average Bonchev–Trinajstić information content (AvgIpc) is 2.52. The number of hydrogen-bond donors (Lipinski definition) is 0. The number of unbranched alkanes of at least 4 members (excludes halogenated alkanes) is 1. The van der Waals surface area contributed by atoms with Gasteiger partial charge in [0.15, 0.2) is 0 Å². The van der Waals surface area contributed by atoms with Crippen LogP contribution in [0, 0.1) is 0 Å². The maximum Gasteiger partial charge on any atom is 0.460 e. The quantitative estimate of drug-likeness (QED) is 0.280. The van der Waals surface area contributed by atoms with Gasteiger partial charge < -0.3 is 9.29 Å². The standard InChI is InChI=1S/C15H17F9O4S/c1-11(7-4-10(5-8-11)29(25,26)27)28-9-3-2-6-12(16,17)13(18,19)14(20,21)15(22,23)24/h4-5,7H,2-3,6,8-9H2,1H3,(H,25,26,27)/p-1. The molecule has 0 aromatic heterocycles. The van der Waals surface area contributed by atoms with Gasteiger partial charge in [0.2, 0.25) is 0 Å². The Hall–Kier alpha value is -1.28. The van der Waals surface area contributed by atoms with Crippen LogP contribution in [-0.2, 0) is 14.9 Å². The van der Waals surface area contributed by atoms with E-state index in [1.54, 1.807) is 0 Å². The van der Waals surface area contributed by atoms with E-state index in [4.69, 9.17) is 4.74 Å². The van der Waals surface area contributed by atoms with Crippen molar-refractivity contribution in [3.63, 3.8) is 0 Å². The van der Waals surface area contributed by atoms with Crippen LogP contribution in [0.2, 0.25) is 0 Å². The molecule has 0 aromatic rings. The summed E-state index contributed by atoms with van der Waals surface area (Å²) in [5, 5.41) is 0. The molecule has 0 bridgehead atoms. The fourth-order valence-electron chi connectivity index (χ4n) is 2.31. The van der Waals surface area contributed by atoms with Crippen LogP contribution in [-0.4, -0.2) is 49.1 Å². The first-order valence-corrected chi connectivity index (χ1v) is 9.37. The lowest BCUT2D eigenvalue weighted by Crippen LogP contribution is -2.60. The number of ether oxygens (including phenoxy) is 1.